The average molecular weight is 361 g/mol. The standard InChI is InChI=1S/C21H23N5O/c1-17(27)19-4-7-21(23-14-19)25-12-10-24(11-13-25)15-18-2-5-20(6-3-18)26-9-8-22-16-26/h2-9,14,16H,10-13,15H2,1H3. The summed E-state index contributed by atoms with van der Waals surface area (Å²) in [5, 5.41) is 0. The molecule has 0 saturated carbocycles. The molecule has 0 amide bonds. The number of rotatable bonds is 5. The van der Waals surface area contributed by atoms with Crippen molar-refractivity contribution in [1.82, 2.24) is 19.4 Å². The summed E-state index contributed by atoms with van der Waals surface area (Å²) in [6.45, 7) is 6.41. The second kappa shape index (κ2) is 7.72. The summed E-state index contributed by atoms with van der Waals surface area (Å²) in [4.78, 5) is 24.7. The summed E-state index contributed by atoms with van der Waals surface area (Å²) < 4.78 is 2.01. The third-order valence-electron chi connectivity index (χ3n) is 5.00. The van der Waals surface area contributed by atoms with Crippen LogP contribution in [0.1, 0.15) is 22.8 Å². The number of hydrogen-bond acceptors (Lipinski definition) is 5. The molecule has 3 heterocycles. The predicted molar refractivity (Wildman–Crippen MR) is 105 cm³/mol. The Bertz CT molecular complexity index is 879. The van der Waals surface area contributed by atoms with Gasteiger partial charge in [0, 0.05) is 62.6 Å². The minimum absolute atomic E-state index is 0.0536. The van der Waals surface area contributed by atoms with Crippen molar-refractivity contribution >= 4 is 11.6 Å². The van der Waals surface area contributed by atoms with Gasteiger partial charge >= 0.3 is 0 Å². The van der Waals surface area contributed by atoms with Crippen molar-refractivity contribution in [2.24, 2.45) is 0 Å². The van der Waals surface area contributed by atoms with Crippen LogP contribution < -0.4 is 4.90 Å². The van der Waals surface area contributed by atoms with Gasteiger partial charge in [0.25, 0.3) is 0 Å². The van der Waals surface area contributed by atoms with Crippen LogP contribution in [0.15, 0.2) is 61.3 Å². The first kappa shape index (κ1) is 17.4. The van der Waals surface area contributed by atoms with Gasteiger partial charge in [-0.05, 0) is 36.8 Å². The first-order valence-corrected chi connectivity index (χ1v) is 9.20. The van der Waals surface area contributed by atoms with Gasteiger partial charge in [-0.15, -0.1) is 0 Å². The monoisotopic (exact) mass is 361 g/mol. The molecule has 1 aromatic carbocycles. The maximum Gasteiger partial charge on any atom is 0.161 e. The number of carbonyl (C=O) groups is 1. The summed E-state index contributed by atoms with van der Waals surface area (Å²) in [6.07, 6.45) is 7.22. The van der Waals surface area contributed by atoms with Crippen LogP contribution in [0, 0.1) is 0 Å². The molecule has 6 nitrogen and oxygen atoms in total. The molecule has 0 atom stereocenters. The molecule has 0 spiro atoms. The minimum Gasteiger partial charge on any atom is -0.354 e. The highest BCUT2D eigenvalue weighted by atomic mass is 16.1. The van der Waals surface area contributed by atoms with Crippen LogP contribution in [0.2, 0.25) is 0 Å². The maximum atomic E-state index is 11.4. The van der Waals surface area contributed by atoms with Gasteiger partial charge in [-0.25, -0.2) is 9.97 Å². The van der Waals surface area contributed by atoms with E-state index in [1.54, 1.807) is 19.3 Å². The van der Waals surface area contributed by atoms with E-state index in [-0.39, 0.29) is 5.78 Å². The molecule has 0 unspecified atom stereocenters. The second-order valence-electron chi connectivity index (χ2n) is 6.86. The molecule has 138 valence electrons. The molecule has 0 aliphatic carbocycles. The molecule has 0 N–H and O–H groups in total. The molecular formula is C21H23N5O. The summed E-state index contributed by atoms with van der Waals surface area (Å²) in [7, 11) is 0. The minimum atomic E-state index is 0.0536. The number of ketones is 1. The summed E-state index contributed by atoms with van der Waals surface area (Å²) in [5.41, 5.74) is 3.11. The Balaban J connectivity index is 1.32. The normalized spacial score (nSPS) is 15.1. The molecule has 3 aromatic rings. The zero-order chi connectivity index (χ0) is 18.6. The predicted octanol–water partition coefficient (Wildman–Crippen LogP) is 2.79. The van der Waals surface area contributed by atoms with Crippen LogP contribution in [-0.4, -0.2) is 51.4 Å². The highest BCUT2D eigenvalue weighted by Gasteiger charge is 2.18. The molecule has 27 heavy (non-hydrogen) atoms. The number of nitrogens with zero attached hydrogens (tertiary/aromatic N) is 5. The first-order chi connectivity index (χ1) is 13.2. The Morgan fingerprint density at radius 1 is 1.04 bits per heavy atom. The Morgan fingerprint density at radius 3 is 2.41 bits per heavy atom. The third-order valence-corrected chi connectivity index (χ3v) is 5.00. The summed E-state index contributed by atoms with van der Waals surface area (Å²) in [5.74, 6) is 1.00. The van der Waals surface area contributed by atoms with Crippen molar-refractivity contribution < 1.29 is 4.79 Å². The zero-order valence-electron chi connectivity index (χ0n) is 15.5. The van der Waals surface area contributed by atoms with Gasteiger partial charge in [0.05, 0.1) is 6.33 Å². The van der Waals surface area contributed by atoms with Crippen LogP contribution in [0.5, 0.6) is 0 Å². The smallest absolute Gasteiger partial charge is 0.161 e. The molecule has 6 heteroatoms. The molecule has 1 aliphatic rings. The summed E-state index contributed by atoms with van der Waals surface area (Å²) in [6, 6.07) is 12.4. The van der Waals surface area contributed by atoms with Crippen LogP contribution in [0.25, 0.3) is 5.69 Å². The molecule has 1 aliphatic heterocycles. The van der Waals surface area contributed by atoms with E-state index in [1.165, 1.54) is 5.56 Å². The average Bonchev–Trinajstić information content (AvgIpc) is 3.24. The highest BCUT2D eigenvalue weighted by Crippen LogP contribution is 2.17. The maximum absolute atomic E-state index is 11.4. The number of benzene rings is 1. The number of carbonyl (C=O) groups excluding carboxylic acids is 1. The number of aromatic nitrogens is 3. The van der Waals surface area contributed by atoms with Gasteiger partial charge in [-0.3, -0.25) is 9.69 Å². The highest BCUT2D eigenvalue weighted by molar-refractivity contribution is 5.93. The fourth-order valence-corrected chi connectivity index (χ4v) is 3.36. The van der Waals surface area contributed by atoms with Gasteiger partial charge in [-0.1, -0.05) is 12.1 Å². The number of hydrogen-bond donors (Lipinski definition) is 0. The van der Waals surface area contributed by atoms with Crippen molar-refractivity contribution in [3.8, 4) is 5.69 Å². The van der Waals surface area contributed by atoms with Gasteiger partial charge in [0.2, 0.25) is 0 Å². The number of anilines is 1. The molecular weight excluding hydrogens is 338 g/mol. The molecule has 1 fully saturated rings. The number of piperazine rings is 1. The quantitative estimate of drug-likeness (QED) is 0.654. The van der Waals surface area contributed by atoms with E-state index in [1.807, 2.05) is 29.2 Å². The van der Waals surface area contributed by atoms with Gasteiger partial charge < -0.3 is 9.47 Å². The lowest BCUT2D eigenvalue weighted by atomic mass is 10.1. The van der Waals surface area contributed by atoms with E-state index < -0.39 is 0 Å². The molecule has 1 saturated heterocycles. The third kappa shape index (κ3) is 4.06. The largest absolute Gasteiger partial charge is 0.354 e. The van der Waals surface area contributed by atoms with E-state index in [0.717, 1.165) is 44.2 Å². The summed E-state index contributed by atoms with van der Waals surface area (Å²) >= 11 is 0. The number of pyridine rings is 1. The fourth-order valence-electron chi connectivity index (χ4n) is 3.36. The van der Waals surface area contributed by atoms with Gasteiger partial charge in [-0.2, -0.15) is 0 Å². The van der Waals surface area contributed by atoms with Crippen molar-refractivity contribution in [2.45, 2.75) is 13.5 Å². The van der Waals surface area contributed by atoms with Crippen molar-refractivity contribution in [3.05, 3.63) is 72.4 Å². The van der Waals surface area contributed by atoms with Gasteiger partial charge in [0.15, 0.2) is 5.78 Å². The molecule has 0 radical (unpaired) electrons. The number of Topliss-reactive ketones (excluding diaryl/α,β-unsaturated/α-hetero) is 1. The molecule has 0 bridgehead atoms. The lowest BCUT2D eigenvalue weighted by molar-refractivity contribution is 0.101. The molecule has 2 aromatic heterocycles. The van der Waals surface area contributed by atoms with E-state index >= 15 is 0 Å². The zero-order valence-corrected chi connectivity index (χ0v) is 15.5. The van der Waals surface area contributed by atoms with E-state index in [9.17, 15) is 4.79 Å². The second-order valence-corrected chi connectivity index (χ2v) is 6.86. The van der Waals surface area contributed by atoms with E-state index in [2.05, 4.69) is 44.0 Å². The number of imidazole rings is 1. The topological polar surface area (TPSA) is 54.3 Å². The van der Waals surface area contributed by atoms with Crippen molar-refractivity contribution in [2.75, 3.05) is 31.1 Å². The SMILES string of the molecule is CC(=O)c1ccc(N2CCN(Cc3ccc(-n4ccnc4)cc3)CC2)nc1. The Hall–Kier alpha value is -2.99. The van der Waals surface area contributed by atoms with Crippen LogP contribution in [0.4, 0.5) is 5.82 Å². The first-order valence-electron chi connectivity index (χ1n) is 9.20. The lowest BCUT2D eigenvalue weighted by Crippen LogP contribution is -2.46. The van der Waals surface area contributed by atoms with Gasteiger partial charge in [0.1, 0.15) is 5.82 Å². The van der Waals surface area contributed by atoms with Crippen LogP contribution in [0.3, 0.4) is 0 Å². The molecule has 4 rings (SSSR count). The Kier molecular flexibility index (Phi) is 4.98. The van der Waals surface area contributed by atoms with Crippen molar-refractivity contribution in [3.63, 3.8) is 0 Å². The Labute approximate surface area is 159 Å². The fraction of sp³-hybridized carbons (Fsp3) is 0.286. The van der Waals surface area contributed by atoms with E-state index in [4.69, 9.17) is 0 Å². The Morgan fingerprint density at radius 2 is 1.81 bits per heavy atom. The lowest BCUT2D eigenvalue weighted by Gasteiger charge is -2.35. The van der Waals surface area contributed by atoms with Crippen LogP contribution in [-0.2, 0) is 6.54 Å². The van der Waals surface area contributed by atoms with Crippen molar-refractivity contribution in [1.29, 1.82) is 0 Å². The van der Waals surface area contributed by atoms with E-state index in [0.29, 0.717) is 5.56 Å². The van der Waals surface area contributed by atoms with Crippen LogP contribution >= 0.6 is 0 Å².